The van der Waals surface area contributed by atoms with Crippen LogP contribution in [0.2, 0.25) is 0 Å². The number of amides is 1. The van der Waals surface area contributed by atoms with E-state index in [9.17, 15) is 9.90 Å². The van der Waals surface area contributed by atoms with E-state index in [1.807, 2.05) is 73.7 Å². The maximum Gasteiger partial charge on any atom is 0.258 e. The van der Waals surface area contributed by atoms with Crippen molar-refractivity contribution in [1.82, 2.24) is 4.90 Å². The first-order valence-electron chi connectivity index (χ1n) is 8.90. The lowest BCUT2D eigenvalue weighted by molar-refractivity contribution is -0.0538. The summed E-state index contributed by atoms with van der Waals surface area (Å²) in [6, 6.07) is 25.9. The first kappa shape index (κ1) is 17.1. The van der Waals surface area contributed by atoms with Gasteiger partial charge in [-0.15, -0.1) is 0 Å². The van der Waals surface area contributed by atoms with Crippen LogP contribution in [0, 0.1) is 11.8 Å². The number of hydrogen-bond donors (Lipinski definition) is 1. The summed E-state index contributed by atoms with van der Waals surface area (Å²) in [6.07, 6.45) is 0. The lowest BCUT2D eigenvalue weighted by Crippen LogP contribution is -2.44. The Kier molecular flexibility index (Phi) is 4.27. The zero-order valence-corrected chi connectivity index (χ0v) is 15.0. The van der Waals surface area contributed by atoms with Crippen LogP contribution >= 0.6 is 0 Å². The molecule has 1 amide bonds. The van der Waals surface area contributed by atoms with Gasteiger partial charge in [0.25, 0.3) is 5.91 Å². The fourth-order valence-corrected chi connectivity index (χ4v) is 3.53. The number of nitrogens with zero attached hydrogens (tertiary/aromatic N) is 1. The summed E-state index contributed by atoms with van der Waals surface area (Å²) in [5.74, 6) is 5.79. The third kappa shape index (κ3) is 2.91. The van der Waals surface area contributed by atoms with Gasteiger partial charge in [0.15, 0.2) is 0 Å². The van der Waals surface area contributed by atoms with Crippen molar-refractivity contribution in [2.75, 3.05) is 0 Å². The standard InChI is InChI=1S/C24H19NO2/c1-18(20-12-6-3-7-13-20)25-23(26)21-14-8-9-15-22(21)24(25,27)17-16-19-10-4-2-5-11-19/h2-15,18,27H,1H3/t18-,24?/m0/s1. The average Bonchev–Trinajstić information content (AvgIpc) is 2.95. The number of aliphatic hydroxyl groups is 1. The number of rotatable bonds is 2. The fourth-order valence-electron chi connectivity index (χ4n) is 3.53. The Morgan fingerprint density at radius 3 is 2.19 bits per heavy atom. The topological polar surface area (TPSA) is 40.5 Å². The molecule has 0 spiro atoms. The van der Waals surface area contributed by atoms with Gasteiger partial charge in [0.2, 0.25) is 5.72 Å². The first-order valence-corrected chi connectivity index (χ1v) is 8.90. The van der Waals surface area contributed by atoms with Crippen LogP contribution in [0.3, 0.4) is 0 Å². The molecule has 1 aliphatic heterocycles. The molecule has 27 heavy (non-hydrogen) atoms. The highest BCUT2D eigenvalue weighted by molar-refractivity contribution is 6.00. The van der Waals surface area contributed by atoms with E-state index in [0.29, 0.717) is 11.1 Å². The van der Waals surface area contributed by atoms with E-state index in [1.165, 1.54) is 4.90 Å². The minimum atomic E-state index is -1.68. The average molecular weight is 353 g/mol. The molecule has 3 nitrogen and oxygen atoms in total. The van der Waals surface area contributed by atoms with Gasteiger partial charge in [0, 0.05) is 16.7 Å². The summed E-state index contributed by atoms with van der Waals surface area (Å²) >= 11 is 0. The van der Waals surface area contributed by atoms with Gasteiger partial charge in [0.1, 0.15) is 0 Å². The van der Waals surface area contributed by atoms with Crippen LogP contribution in [0.25, 0.3) is 0 Å². The Morgan fingerprint density at radius 1 is 0.889 bits per heavy atom. The molecule has 1 aliphatic rings. The molecule has 1 heterocycles. The van der Waals surface area contributed by atoms with Crippen LogP contribution in [0.5, 0.6) is 0 Å². The molecule has 0 saturated carbocycles. The van der Waals surface area contributed by atoms with Gasteiger partial charge in [-0.2, -0.15) is 0 Å². The Hall–Kier alpha value is -3.35. The van der Waals surface area contributed by atoms with Crippen LogP contribution in [0.4, 0.5) is 0 Å². The van der Waals surface area contributed by atoms with Gasteiger partial charge >= 0.3 is 0 Å². The number of benzene rings is 3. The Balaban J connectivity index is 1.84. The molecule has 1 N–H and O–H groups in total. The summed E-state index contributed by atoms with van der Waals surface area (Å²) in [5, 5.41) is 11.6. The van der Waals surface area contributed by atoms with Crippen LogP contribution in [-0.4, -0.2) is 15.9 Å². The monoisotopic (exact) mass is 353 g/mol. The van der Waals surface area contributed by atoms with Crippen molar-refractivity contribution in [3.8, 4) is 11.8 Å². The Labute approximate surface area is 158 Å². The van der Waals surface area contributed by atoms with Gasteiger partial charge in [0.05, 0.1) is 6.04 Å². The molecule has 3 heteroatoms. The number of hydrogen-bond acceptors (Lipinski definition) is 2. The predicted molar refractivity (Wildman–Crippen MR) is 105 cm³/mol. The molecular weight excluding hydrogens is 334 g/mol. The zero-order valence-electron chi connectivity index (χ0n) is 15.0. The molecular formula is C24H19NO2. The van der Waals surface area contributed by atoms with Crippen molar-refractivity contribution < 1.29 is 9.90 Å². The van der Waals surface area contributed by atoms with Crippen LogP contribution in [0.15, 0.2) is 84.9 Å². The number of carbonyl (C=O) groups excluding carboxylic acids is 1. The smallest absolute Gasteiger partial charge is 0.258 e. The summed E-state index contributed by atoms with van der Waals surface area (Å²) in [7, 11) is 0. The maximum atomic E-state index is 13.1. The lowest BCUT2D eigenvalue weighted by Gasteiger charge is -2.35. The van der Waals surface area contributed by atoms with E-state index < -0.39 is 5.72 Å². The van der Waals surface area contributed by atoms with Gasteiger partial charge in [-0.3, -0.25) is 9.69 Å². The predicted octanol–water partition coefficient (Wildman–Crippen LogP) is 4.10. The summed E-state index contributed by atoms with van der Waals surface area (Å²) in [5.41, 5.74) is 1.07. The summed E-state index contributed by atoms with van der Waals surface area (Å²) in [6.45, 7) is 1.91. The molecule has 0 aliphatic carbocycles. The van der Waals surface area contributed by atoms with Crippen molar-refractivity contribution in [3.05, 3.63) is 107 Å². The van der Waals surface area contributed by atoms with Crippen molar-refractivity contribution >= 4 is 5.91 Å². The molecule has 0 fully saturated rings. The van der Waals surface area contributed by atoms with Crippen molar-refractivity contribution in [1.29, 1.82) is 0 Å². The summed E-state index contributed by atoms with van der Waals surface area (Å²) in [4.78, 5) is 14.6. The molecule has 0 radical (unpaired) electrons. The maximum absolute atomic E-state index is 13.1. The van der Waals surface area contributed by atoms with Crippen LogP contribution < -0.4 is 0 Å². The lowest BCUT2D eigenvalue weighted by atomic mass is 9.99. The highest BCUT2D eigenvalue weighted by atomic mass is 16.3. The fraction of sp³-hybridized carbons (Fsp3) is 0.125. The minimum Gasteiger partial charge on any atom is -0.357 e. The van der Waals surface area contributed by atoms with E-state index in [4.69, 9.17) is 0 Å². The quantitative estimate of drug-likeness (QED) is 0.705. The molecule has 2 atom stereocenters. The van der Waals surface area contributed by atoms with Gasteiger partial charge in [-0.1, -0.05) is 72.7 Å². The molecule has 0 bridgehead atoms. The largest absolute Gasteiger partial charge is 0.357 e. The zero-order chi connectivity index (χ0) is 18.9. The second kappa shape index (κ2) is 6.75. The normalized spacial score (nSPS) is 19.2. The van der Waals surface area contributed by atoms with E-state index in [1.54, 1.807) is 18.2 Å². The number of fused-ring (bicyclic) bond motifs is 1. The number of carbonyl (C=O) groups is 1. The van der Waals surface area contributed by atoms with E-state index in [0.717, 1.165) is 11.1 Å². The Bertz CT molecular complexity index is 1030. The van der Waals surface area contributed by atoms with E-state index >= 15 is 0 Å². The van der Waals surface area contributed by atoms with Crippen LogP contribution in [-0.2, 0) is 5.72 Å². The summed E-state index contributed by atoms with van der Waals surface area (Å²) < 4.78 is 0. The minimum absolute atomic E-state index is 0.216. The molecule has 132 valence electrons. The van der Waals surface area contributed by atoms with E-state index in [2.05, 4.69) is 11.8 Å². The first-order chi connectivity index (χ1) is 13.1. The van der Waals surface area contributed by atoms with Crippen molar-refractivity contribution in [3.63, 3.8) is 0 Å². The third-order valence-corrected chi connectivity index (χ3v) is 4.92. The van der Waals surface area contributed by atoms with Gasteiger partial charge in [-0.25, -0.2) is 0 Å². The molecule has 0 aromatic heterocycles. The SMILES string of the molecule is C[C@@H](c1ccccc1)N1C(=O)c2ccccc2C1(O)C#Cc1ccccc1. The third-order valence-electron chi connectivity index (χ3n) is 4.92. The van der Waals surface area contributed by atoms with Gasteiger partial charge in [-0.05, 0) is 36.6 Å². The molecule has 0 saturated heterocycles. The molecule has 1 unspecified atom stereocenters. The highest BCUT2D eigenvalue weighted by Crippen LogP contribution is 2.42. The molecule has 4 rings (SSSR count). The van der Waals surface area contributed by atoms with Crippen LogP contribution in [0.1, 0.15) is 40.0 Å². The highest BCUT2D eigenvalue weighted by Gasteiger charge is 2.50. The second-order valence-electron chi connectivity index (χ2n) is 6.60. The van der Waals surface area contributed by atoms with Crippen molar-refractivity contribution in [2.24, 2.45) is 0 Å². The van der Waals surface area contributed by atoms with E-state index in [-0.39, 0.29) is 11.9 Å². The second-order valence-corrected chi connectivity index (χ2v) is 6.60. The molecule has 3 aromatic carbocycles. The van der Waals surface area contributed by atoms with Crippen molar-refractivity contribution in [2.45, 2.75) is 18.7 Å². The van der Waals surface area contributed by atoms with Gasteiger partial charge < -0.3 is 5.11 Å². The molecule has 3 aromatic rings. The Morgan fingerprint density at radius 2 is 1.48 bits per heavy atom.